The van der Waals surface area contributed by atoms with Gasteiger partial charge in [0.25, 0.3) is 11.8 Å². The second kappa shape index (κ2) is 8.84. The molecule has 0 aliphatic heterocycles. The van der Waals surface area contributed by atoms with Crippen LogP contribution in [0, 0.1) is 6.92 Å². The number of nitrogens with zero attached hydrogens (tertiary/aromatic N) is 1. The van der Waals surface area contributed by atoms with Gasteiger partial charge in [-0.05, 0) is 45.0 Å². The van der Waals surface area contributed by atoms with Crippen LogP contribution in [0.1, 0.15) is 40.3 Å². The lowest BCUT2D eigenvalue weighted by atomic mass is 10.1. The van der Waals surface area contributed by atoms with Crippen molar-refractivity contribution in [1.82, 2.24) is 4.90 Å². The van der Waals surface area contributed by atoms with Crippen molar-refractivity contribution in [3.63, 3.8) is 0 Å². The lowest BCUT2D eigenvalue weighted by molar-refractivity contribution is -0.119. The number of amides is 2. The van der Waals surface area contributed by atoms with Gasteiger partial charge in [-0.2, -0.15) is 0 Å². The third kappa shape index (κ3) is 4.72. The van der Waals surface area contributed by atoms with Gasteiger partial charge in [-0.15, -0.1) is 0 Å². The smallest absolute Gasteiger partial charge is 0.375 e. The minimum absolute atomic E-state index is 0.0737. The Morgan fingerprint density at radius 3 is 2.50 bits per heavy atom. The highest BCUT2D eigenvalue weighted by molar-refractivity contribution is 5.98. The van der Waals surface area contributed by atoms with Crippen LogP contribution in [-0.4, -0.2) is 42.4 Å². The number of nitrogens with one attached hydrogen (secondary N) is 1. The van der Waals surface area contributed by atoms with Gasteiger partial charge in [-0.3, -0.25) is 9.59 Å². The summed E-state index contributed by atoms with van der Waals surface area (Å²) >= 11 is 0. The molecular weight excluding hydrogens is 336 g/mol. The van der Waals surface area contributed by atoms with Crippen LogP contribution in [0.2, 0.25) is 0 Å². The van der Waals surface area contributed by atoms with E-state index in [-0.39, 0.29) is 11.7 Å². The molecule has 0 unspecified atom stereocenters. The number of hydrogen-bond acceptors (Lipinski definition) is 5. The molecule has 2 amide bonds. The summed E-state index contributed by atoms with van der Waals surface area (Å²) in [6.45, 7) is 6.28. The van der Waals surface area contributed by atoms with Gasteiger partial charge in [-0.1, -0.05) is 6.07 Å². The van der Waals surface area contributed by atoms with Crippen LogP contribution in [0.25, 0.3) is 0 Å². The topological polar surface area (TPSA) is 88.9 Å². The van der Waals surface area contributed by atoms with E-state index in [9.17, 15) is 14.4 Å². The second-order valence-electron chi connectivity index (χ2n) is 5.62. The molecule has 1 aromatic heterocycles. The SMILES string of the molecule is CCN(CC)C(=O)c1cccc(NC(=O)COC(=O)c2occc2C)c1. The Hall–Kier alpha value is -3.09. The fourth-order valence-corrected chi connectivity index (χ4v) is 2.40. The van der Waals surface area contributed by atoms with Crippen molar-refractivity contribution >= 4 is 23.5 Å². The molecule has 0 bridgehead atoms. The normalized spacial score (nSPS) is 10.3. The zero-order valence-corrected chi connectivity index (χ0v) is 15.1. The summed E-state index contributed by atoms with van der Waals surface area (Å²) in [5, 5.41) is 2.61. The van der Waals surface area contributed by atoms with Crippen LogP contribution in [0.4, 0.5) is 5.69 Å². The Kier molecular flexibility index (Phi) is 6.54. The maximum Gasteiger partial charge on any atom is 0.375 e. The summed E-state index contributed by atoms with van der Waals surface area (Å²) < 4.78 is 9.95. The van der Waals surface area contributed by atoms with Crippen LogP contribution in [0.5, 0.6) is 0 Å². The van der Waals surface area contributed by atoms with Crippen molar-refractivity contribution in [2.45, 2.75) is 20.8 Å². The summed E-state index contributed by atoms with van der Waals surface area (Å²) in [6.07, 6.45) is 1.38. The zero-order valence-electron chi connectivity index (χ0n) is 15.1. The fraction of sp³-hybridized carbons (Fsp3) is 0.316. The van der Waals surface area contributed by atoms with Crippen LogP contribution in [-0.2, 0) is 9.53 Å². The van der Waals surface area contributed by atoms with Gasteiger partial charge >= 0.3 is 5.97 Å². The monoisotopic (exact) mass is 358 g/mol. The second-order valence-corrected chi connectivity index (χ2v) is 5.62. The molecule has 2 aromatic rings. The molecule has 0 atom stereocenters. The molecule has 1 heterocycles. The molecule has 0 saturated carbocycles. The fourth-order valence-electron chi connectivity index (χ4n) is 2.40. The van der Waals surface area contributed by atoms with Crippen LogP contribution in [0.15, 0.2) is 41.0 Å². The first-order chi connectivity index (χ1) is 12.5. The highest BCUT2D eigenvalue weighted by atomic mass is 16.5. The summed E-state index contributed by atoms with van der Waals surface area (Å²) in [6, 6.07) is 8.27. The number of benzene rings is 1. The molecule has 138 valence electrons. The minimum atomic E-state index is -0.701. The number of esters is 1. The predicted octanol–water partition coefficient (Wildman–Crippen LogP) is 2.87. The molecule has 0 saturated heterocycles. The quantitative estimate of drug-likeness (QED) is 0.769. The van der Waals surface area contributed by atoms with Gasteiger partial charge in [0.15, 0.2) is 6.61 Å². The van der Waals surface area contributed by atoms with Crippen molar-refractivity contribution in [3.05, 3.63) is 53.5 Å². The number of anilines is 1. The van der Waals surface area contributed by atoms with Crippen LogP contribution < -0.4 is 5.32 Å². The van der Waals surface area contributed by atoms with E-state index in [2.05, 4.69) is 5.32 Å². The first-order valence-electron chi connectivity index (χ1n) is 8.36. The van der Waals surface area contributed by atoms with Crippen LogP contribution in [0.3, 0.4) is 0 Å². The number of carbonyl (C=O) groups is 3. The molecular formula is C19H22N2O5. The molecule has 0 aliphatic rings. The lowest BCUT2D eigenvalue weighted by Crippen LogP contribution is -2.30. The average molecular weight is 358 g/mol. The molecule has 7 heteroatoms. The van der Waals surface area contributed by atoms with Crippen molar-refractivity contribution in [2.24, 2.45) is 0 Å². The standard InChI is InChI=1S/C19H22N2O5/c1-4-21(5-2)18(23)14-7-6-8-15(11-14)20-16(22)12-26-19(24)17-13(3)9-10-25-17/h6-11H,4-5,12H2,1-3H3,(H,20,22). The number of hydrogen-bond donors (Lipinski definition) is 1. The van der Waals surface area contributed by atoms with E-state index in [1.54, 1.807) is 42.2 Å². The van der Waals surface area contributed by atoms with Gasteiger partial charge < -0.3 is 19.4 Å². The van der Waals surface area contributed by atoms with E-state index in [1.165, 1.54) is 6.26 Å². The Labute approximate surface area is 151 Å². The Bertz CT molecular complexity index is 793. The number of carbonyl (C=O) groups excluding carboxylic acids is 3. The molecule has 0 spiro atoms. The van der Waals surface area contributed by atoms with E-state index in [1.807, 2.05) is 13.8 Å². The Morgan fingerprint density at radius 1 is 1.15 bits per heavy atom. The largest absolute Gasteiger partial charge is 0.457 e. The van der Waals surface area contributed by atoms with E-state index in [4.69, 9.17) is 9.15 Å². The third-order valence-corrected chi connectivity index (χ3v) is 3.83. The highest BCUT2D eigenvalue weighted by Crippen LogP contribution is 2.14. The predicted molar refractivity (Wildman–Crippen MR) is 96.1 cm³/mol. The average Bonchev–Trinajstić information content (AvgIpc) is 3.07. The summed E-state index contributed by atoms with van der Waals surface area (Å²) in [5.41, 5.74) is 1.57. The third-order valence-electron chi connectivity index (χ3n) is 3.83. The van der Waals surface area contributed by atoms with E-state index < -0.39 is 18.5 Å². The molecule has 0 aliphatic carbocycles. The van der Waals surface area contributed by atoms with Gasteiger partial charge in [0.05, 0.1) is 6.26 Å². The highest BCUT2D eigenvalue weighted by Gasteiger charge is 2.17. The number of rotatable bonds is 7. The number of aryl methyl sites for hydroxylation is 1. The van der Waals surface area contributed by atoms with E-state index >= 15 is 0 Å². The molecule has 0 radical (unpaired) electrons. The van der Waals surface area contributed by atoms with Gasteiger partial charge in [-0.25, -0.2) is 4.79 Å². The van der Waals surface area contributed by atoms with Crippen molar-refractivity contribution in [1.29, 1.82) is 0 Å². The van der Waals surface area contributed by atoms with Crippen LogP contribution >= 0.6 is 0 Å². The number of furan rings is 1. The van der Waals surface area contributed by atoms with Gasteiger partial charge in [0.1, 0.15) is 0 Å². The van der Waals surface area contributed by atoms with E-state index in [0.717, 1.165) is 0 Å². The molecule has 26 heavy (non-hydrogen) atoms. The van der Waals surface area contributed by atoms with Gasteiger partial charge in [0.2, 0.25) is 5.76 Å². The molecule has 7 nitrogen and oxygen atoms in total. The van der Waals surface area contributed by atoms with Gasteiger partial charge in [0, 0.05) is 29.9 Å². The van der Waals surface area contributed by atoms with Crippen molar-refractivity contribution in [2.75, 3.05) is 25.0 Å². The summed E-state index contributed by atoms with van der Waals surface area (Å²) in [4.78, 5) is 37.9. The number of ether oxygens (including phenoxy) is 1. The lowest BCUT2D eigenvalue weighted by Gasteiger charge is -2.19. The Morgan fingerprint density at radius 2 is 1.88 bits per heavy atom. The first-order valence-corrected chi connectivity index (χ1v) is 8.36. The van der Waals surface area contributed by atoms with E-state index in [0.29, 0.717) is 29.9 Å². The molecule has 1 N–H and O–H groups in total. The van der Waals surface area contributed by atoms with Crippen molar-refractivity contribution < 1.29 is 23.5 Å². The Balaban J connectivity index is 1.95. The minimum Gasteiger partial charge on any atom is -0.457 e. The molecule has 2 rings (SSSR count). The first kappa shape index (κ1) is 19.2. The maximum atomic E-state index is 12.4. The summed E-state index contributed by atoms with van der Waals surface area (Å²) in [7, 11) is 0. The molecule has 0 fully saturated rings. The molecule has 1 aromatic carbocycles. The maximum absolute atomic E-state index is 12.4. The zero-order chi connectivity index (χ0) is 19.1. The summed E-state index contributed by atoms with van der Waals surface area (Å²) in [5.74, 6) is -1.24. The van der Waals surface area contributed by atoms with Crippen molar-refractivity contribution in [3.8, 4) is 0 Å².